The average Bonchev–Trinajstić information content (AvgIpc) is 3.14. The van der Waals surface area contributed by atoms with Gasteiger partial charge < -0.3 is 0 Å². The lowest BCUT2D eigenvalue weighted by molar-refractivity contribution is -0.276. The predicted molar refractivity (Wildman–Crippen MR) is 231 cm³/mol. The van der Waals surface area contributed by atoms with Crippen LogP contribution in [0, 0.1) is 39.9 Å². The summed E-state index contributed by atoms with van der Waals surface area (Å²) in [5.41, 5.74) is 0.182. The van der Waals surface area contributed by atoms with E-state index in [2.05, 4.69) is 161 Å². The molecule has 54 heavy (non-hydrogen) atoms. The summed E-state index contributed by atoms with van der Waals surface area (Å²) >= 11 is 0. The maximum absolute atomic E-state index is 6.84. The molecule has 6 heteroatoms. The Kier molecular flexibility index (Phi) is 15.0. The first-order valence-electron chi connectivity index (χ1n) is 22.4. The Hall–Kier alpha value is -0.240. The molecule has 3 aliphatic rings. The standard InChI is InChI=1S/C48H95N3O3/c1-40(2,3)33-52-49-43(10,11)27-24-36(30-46(49,16)17)22-23-39(37-25-28-44(12,13)50(47(18,19)31-37)53-34-41(4,5)6)38-26-29-45(14,15)51(48(20,21)32-38)54-35-42(7,8)9/h36-39H,22-35H2,1-21H3. The summed E-state index contributed by atoms with van der Waals surface area (Å²) in [6.45, 7) is 52.1. The van der Waals surface area contributed by atoms with E-state index in [9.17, 15) is 0 Å². The molecule has 3 rings (SSSR count). The smallest absolute Gasteiger partial charge is 0.0733 e. The molecule has 0 aromatic carbocycles. The molecule has 0 aromatic rings. The SMILES string of the molecule is CC(C)(C)CON1C(C)(C)CCC(CCC(C2CCC(C)(C)N(OCC(C)(C)C)C(C)(C)C2)C2CCC(C)(C)N(OCC(C)(C)C)C(C)(C)C2)CC1(C)C. The van der Waals surface area contributed by atoms with E-state index in [0.717, 1.165) is 32.7 Å². The lowest BCUT2D eigenvalue weighted by Gasteiger charge is -2.48. The molecule has 0 bridgehead atoms. The molecule has 0 saturated carbocycles. The van der Waals surface area contributed by atoms with Crippen molar-refractivity contribution in [3.8, 4) is 0 Å². The fourth-order valence-electron chi connectivity index (χ4n) is 11.0. The molecule has 0 aliphatic carbocycles. The fraction of sp³-hybridized carbons (Fsp3) is 1.00. The second-order valence-electron chi connectivity index (χ2n) is 26.1. The van der Waals surface area contributed by atoms with Gasteiger partial charge in [0, 0.05) is 33.2 Å². The van der Waals surface area contributed by atoms with Crippen molar-refractivity contribution >= 4 is 0 Å². The topological polar surface area (TPSA) is 37.4 Å². The third-order valence-corrected chi connectivity index (χ3v) is 13.0. The van der Waals surface area contributed by atoms with Gasteiger partial charge in [0.05, 0.1) is 19.8 Å². The van der Waals surface area contributed by atoms with Gasteiger partial charge in [0.1, 0.15) is 0 Å². The van der Waals surface area contributed by atoms with E-state index in [4.69, 9.17) is 14.5 Å². The van der Waals surface area contributed by atoms with E-state index in [1.54, 1.807) is 0 Å². The highest BCUT2D eigenvalue weighted by molar-refractivity contribution is 5.01. The van der Waals surface area contributed by atoms with Crippen LogP contribution in [0.2, 0.25) is 0 Å². The van der Waals surface area contributed by atoms with Gasteiger partial charge in [0.15, 0.2) is 0 Å². The number of hydrogen-bond acceptors (Lipinski definition) is 6. The second kappa shape index (κ2) is 16.8. The Bertz CT molecular complexity index is 1120. The Morgan fingerprint density at radius 1 is 0.444 bits per heavy atom. The van der Waals surface area contributed by atoms with E-state index in [1.165, 1.54) is 57.8 Å². The highest BCUT2D eigenvalue weighted by Crippen LogP contribution is 2.51. The molecule has 3 unspecified atom stereocenters. The molecular weight excluding hydrogens is 667 g/mol. The molecule has 3 heterocycles. The molecule has 3 aliphatic heterocycles. The summed E-state index contributed by atoms with van der Waals surface area (Å²) < 4.78 is 0. The first-order valence-corrected chi connectivity index (χ1v) is 22.4. The lowest BCUT2D eigenvalue weighted by Crippen LogP contribution is -2.55. The highest BCUT2D eigenvalue weighted by atomic mass is 16.7. The van der Waals surface area contributed by atoms with E-state index in [-0.39, 0.29) is 49.5 Å². The number of nitrogens with zero attached hydrogens (tertiary/aromatic N) is 3. The second-order valence-corrected chi connectivity index (χ2v) is 26.1. The van der Waals surface area contributed by atoms with Crippen molar-refractivity contribution in [3.05, 3.63) is 0 Å². The minimum absolute atomic E-state index is 0.00369. The van der Waals surface area contributed by atoms with Gasteiger partial charge in [-0.15, -0.1) is 0 Å². The zero-order chi connectivity index (χ0) is 41.6. The summed E-state index contributed by atoms with van der Waals surface area (Å²) in [5.74, 6) is 2.65. The van der Waals surface area contributed by atoms with Crippen LogP contribution in [0.25, 0.3) is 0 Å². The third-order valence-electron chi connectivity index (χ3n) is 13.0. The van der Waals surface area contributed by atoms with Gasteiger partial charge in [0.25, 0.3) is 0 Å². The molecule has 3 atom stereocenters. The van der Waals surface area contributed by atoms with Gasteiger partial charge in [-0.25, -0.2) is 0 Å². The van der Waals surface area contributed by atoms with Crippen molar-refractivity contribution in [2.75, 3.05) is 19.8 Å². The number of hydrogen-bond donors (Lipinski definition) is 0. The molecule has 320 valence electrons. The molecular formula is C48H95N3O3. The monoisotopic (exact) mass is 762 g/mol. The van der Waals surface area contributed by atoms with Gasteiger partial charge in [-0.2, -0.15) is 15.2 Å². The van der Waals surface area contributed by atoms with Crippen molar-refractivity contribution in [1.82, 2.24) is 15.2 Å². The quantitative estimate of drug-likeness (QED) is 0.209. The zero-order valence-corrected chi connectivity index (χ0v) is 40.3. The molecule has 0 radical (unpaired) electrons. The van der Waals surface area contributed by atoms with Crippen molar-refractivity contribution < 1.29 is 14.5 Å². The Morgan fingerprint density at radius 3 is 1.06 bits per heavy atom. The van der Waals surface area contributed by atoms with Crippen LogP contribution in [-0.2, 0) is 14.5 Å². The highest BCUT2D eigenvalue weighted by Gasteiger charge is 2.50. The summed E-state index contributed by atoms with van der Waals surface area (Å²) in [7, 11) is 0. The lowest BCUT2D eigenvalue weighted by atomic mass is 9.67. The third kappa shape index (κ3) is 13.4. The van der Waals surface area contributed by atoms with Crippen LogP contribution in [0.1, 0.15) is 216 Å². The van der Waals surface area contributed by atoms with E-state index >= 15 is 0 Å². The van der Waals surface area contributed by atoms with Crippen LogP contribution >= 0.6 is 0 Å². The first kappa shape index (κ1) is 48.1. The molecule has 0 N–H and O–H groups in total. The molecule has 0 amide bonds. The predicted octanol–water partition coefficient (Wildman–Crippen LogP) is 13.3. The van der Waals surface area contributed by atoms with Crippen LogP contribution < -0.4 is 0 Å². The van der Waals surface area contributed by atoms with Crippen LogP contribution in [0.5, 0.6) is 0 Å². The Morgan fingerprint density at radius 2 is 0.741 bits per heavy atom. The normalized spacial score (nSPS) is 30.3. The molecule has 3 fully saturated rings. The van der Waals surface area contributed by atoms with Crippen molar-refractivity contribution in [1.29, 1.82) is 0 Å². The molecule has 3 saturated heterocycles. The van der Waals surface area contributed by atoms with E-state index in [1.807, 2.05) is 0 Å². The first-order chi connectivity index (χ1) is 24.1. The van der Waals surface area contributed by atoms with Crippen molar-refractivity contribution in [2.45, 2.75) is 249 Å². The van der Waals surface area contributed by atoms with Gasteiger partial charge in [-0.05, 0) is 187 Å². The minimum atomic E-state index is -0.0607. The summed E-state index contributed by atoms with van der Waals surface area (Å²) in [6, 6.07) is 0. The minimum Gasteiger partial charge on any atom is -0.297 e. The zero-order valence-electron chi connectivity index (χ0n) is 40.3. The van der Waals surface area contributed by atoms with Crippen molar-refractivity contribution in [2.24, 2.45) is 39.9 Å². The molecule has 0 aromatic heterocycles. The largest absolute Gasteiger partial charge is 0.297 e. The van der Waals surface area contributed by atoms with Crippen molar-refractivity contribution in [3.63, 3.8) is 0 Å². The average molecular weight is 762 g/mol. The Labute approximate surface area is 337 Å². The van der Waals surface area contributed by atoms with Gasteiger partial charge in [0.2, 0.25) is 0 Å². The van der Waals surface area contributed by atoms with Gasteiger partial charge >= 0.3 is 0 Å². The Balaban J connectivity index is 1.99. The van der Waals surface area contributed by atoms with E-state index < -0.39 is 0 Å². The van der Waals surface area contributed by atoms with E-state index in [0.29, 0.717) is 23.7 Å². The summed E-state index contributed by atoms with van der Waals surface area (Å²) in [5, 5.41) is 7.28. The van der Waals surface area contributed by atoms with Crippen LogP contribution in [0.15, 0.2) is 0 Å². The summed E-state index contributed by atoms with van der Waals surface area (Å²) in [4.78, 5) is 20.4. The van der Waals surface area contributed by atoms with Crippen LogP contribution in [-0.4, -0.2) is 68.2 Å². The van der Waals surface area contributed by atoms with Crippen LogP contribution in [0.4, 0.5) is 0 Å². The number of hydroxylamine groups is 6. The number of rotatable bonds is 11. The van der Waals surface area contributed by atoms with Gasteiger partial charge in [-0.3, -0.25) is 14.5 Å². The molecule has 0 spiro atoms. The van der Waals surface area contributed by atoms with Crippen LogP contribution in [0.3, 0.4) is 0 Å². The summed E-state index contributed by atoms with van der Waals surface area (Å²) in [6.07, 6.45) is 13.4. The maximum atomic E-state index is 6.84. The fourth-order valence-corrected chi connectivity index (χ4v) is 11.0. The maximum Gasteiger partial charge on any atom is 0.0733 e. The molecule has 6 nitrogen and oxygen atoms in total. The van der Waals surface area contributed by atoms with Gasteiger partial charge in [-0.1, -0.05) is 68.7 Å².